The van der Waals surface area contributed by atoms with Gasteiger partial charge in [0.15, 0.2) is 0 Å². The fourth-order valence-corrected chi connectivity index (χ4v) is 4.44. The molecule has 1 nitrogen and oxygen atoms in total. The van der Waals surface area contributed by atoms with Crippen molar-refractivity contribution in [3.8, 4) is 0 Å². The van der Waals surface area contributed by atoms with Crippen LogP contribution >= 0.6 is 0 Å². The number of ether oxygens (including phenoxy) is 1. The molecule has 110 valence electrons. The van der Waals surface area contributed by atoms with Gasteiger partial charge in [0, 0.05) is 0 Å². The lowest BCUT2D eigenvalue weighted by molar-refractivity contribution is 0.0554. The van der Waals surface area contributed by atoms with Crippen LogP contribution in [0.2, 0.25) is 0 Å². The molecule has 0 N–H and O–H groups in total. The SMILES string of the molecule is CC1OCCc2cc3c(cc21)C(C)(C)C(C)C3C(C)C. The van der Waals surface area contributed by atoms with Crippen LogP contribution in [-0.2, 0) is 16.6 Å². The Hall–Kier alpha value is -0.820. The largest absolute Gasteiger partial charge is 0.373 e. The van der Waals surface area contributed by atoms with Crippen molar-refractivity contribution in [3.05, 3.63) is 34.4 Å². The van der Waals surface area contributed by atoms with Crippen molar-refractivity contribution in [1.82, 2.24) is 0 Å². The highest BCUT2D eigenvalue weighted by Gasteiger charge is 2.45. The van der Waals surface area contributed by atoms with Gasteiger partial charge >= 0.3 is 0 Å². The van der Waals surface area contributed by atoms with Gasteiger partial charge in [0.1, 0.15) is 0 Å². The number of hydrogen-bond donors (Lipinski definition) is 0. The zero-order valence-corrected chi connectivity index (χ0v) is 13.8. The third kappa shape index (κ3) is 1.86. The van der Waals surface area contributed by atoms with E-state index in [0.29, 0.717) is 17.8 Å². The van der Waals surface area contributed by atoms with Crippen molar-refractivity contribution in [1.29, 1.82) is 0 Å². The molecule has 0 saturated heterocycles. The Bertz CT molecular complexity index is 527. The van der Waals surface area contributed by atoms with Crippen LogP contribution in [0.1, 0.15) is 75.8 Å². The smallest absolute Gasteiger partial charge is 0.0799 e. The molecule has 1 aliphatic carbocycles. The molecule has 20 heavy (non-hydrogen) atoms. The minimum Gasteiger partial charge on any atom is -0.373 e. The summed E-state index contributed by atoms with van der Waals surface area (Å²) in [6, 6.07) is 4.98. The van der Waals surface area contributed by atoms with E-state index in [-0.39, 0.29) is 11.5 Å². The number of hydrogen-bond acceptors (Lipinski definition) is 1. The lowest BCUT2D eigenvalue weighted by Crippen LogP contribution is -2.25. The number of benzene rings is 1. The highest BCUT2D eigenvalue weighted by atomic mass is 16.5. The monoisotopic (exact) mass is 272 g/mol. The van der Waals surface area contributed by atoms with Crippen molar-refractivity contribution >= 4 is 0 Å². The summed E-state index contributed by atoms with van der Waals surface area (Å²) in [5.41, 5.74) is 6.42. The first kappa shape index (κ1) is 14.1. The molecule has 0 spiro atoms. The Kier molecular flexibility index (Phi) is 3.25. The van der Waals surface area contributed by atoms with Crippen molar-refractivity contribution in [2.45, 2.75) is 65.4 Å². The van der Waals surface area contributed by atoms with Gasteiger partial charge in [0.05, 0.1) is 12.7 Å². The summed E-state index contributed by atoms with van der Waals surface area (Å²) < 4.78 is 5.83. The third-order valence-electron chi connectivity index (χ3n) is 5.94. The standard InChI is InChI=1S/C19H28O/c1-11(2)18-12(3)19(5,6)17-10-15-13(4)20-8-7-14(15)9-16(17)18/h9-13,18H,7-8H2,1-6H3. The van der Waals surface area contributed by atoms with Crippen molar-refractivity contribution in [2.24, 2.45) is 11.8 Å². The van der Waals surface area contributed by atoms with Crippen LogP contribution in [0, 0.1) is 11.8 Å². The molecule has 3 unspecified atom stereocenters. The maximum Gasteiger partial charge on any atom is 0.0799 e. The molecule has 0 fully saturated rings. The summed E-state index contributed by atoms with van der Waals surface area (Å²) in [5, 5.41) is 0. The first-order valence-corrected chi connectivity index (χ1v) is 8.12. The van der Waals surface area contributed by atoms with E-state index in [0.717, 1.165) is 13.0 Å². The van der Waals surface area contributed by atoms with E-state index in [2.05, 4.69) is 53.7 Å². The molecule has 1 heterocycles. The number of fused-ring (bicyclic) bond motifs is 2. The van der Waals surface area contributed by atoms with Gasteiger partial charge in [-0.3, -0.25) is 0 Å². The second-order valence-corrected chi connectivity index (χ2v) is 7.68. The lowest BCUT2D eigenvalue weighted by Gasteiger charge is -2.30. The minimum atomic E-state index is 0.258. The van der Waals surface area contributed by atoms with Crippen molar-refractivity contribution in [3.63, 3.8) is 0 Å². The summed E-state index contributed by atoms with van der Waals surface area (Å²) in [7, 11) is 0. The summed E-state index contributed by atoms with van der Waals surface area (Å²) in [5.74, 6) is 2.11. The van der Waals surface area contributed by atoms with Gasteiger partial charge in [-0.1, -0.05) is 46.8 Å². The van der Waals surface area contributed by atoms with E-state index in [1.807, 2.05) is 0 Å². The fraction of sp³-hybridized carbons (Fsp3) is 0.684. The fourth-order valence-electron chi connectivity index (χ4n) is 4.44. The molecule has 3 atom stereocenters. The maximum absolute atomic E-state index is 5.83. The van der Waals surface area contributed by atoms with E-state index in [4.69, 9.17) is 4.74 Å². The predicted molar refractivity (Wildman–Crippen MR) is 84.3 cm³/mol. The molecule has 3 rings (SSSR count). The molecular weight excluding hydrogens is 244 g/mol. The normalized spacial score (nSPS) is 31.2. The summed E-state index contributed by atoms with van der Waals surface area (Å²) in [6.45, 7) is 15.1. The quantitative estimate of drug-likeness (QED) is 0.700. The van der Waals surface area contributed by atoms with Gasteiger partial charge < -0.3 is 4.74 Å². The molecule has 2 aliphatic rings. The van der Waals surface area contributed by atoms with E-state index >= 15 is 0 Å². The Labute approximate surface area is 123 Å². The summed E-state index contributed by atoms with van der Waals surface area (Å²) >= 11 is 0. The lowest BCUT2D eigenvalue weighted by atomic mass is 9.74. The Morgan fingerprint density at radius 1 is 1.15 bits per heavy atom. The highest BCUT2D eigenvalue weighted by molar-refractivity contribution is 5.50. The molecule has 0 saturated carbocycles. The second kappa shape index (κ2) is 4.59. The van der Waals surface area contributed by atoms with Gasteiger partial charge in [-0.2, -0.15) is 0 Å². The Balaban J connectivity index is 2.19. The van der Waals surface area contributed by atoms with Crippen LogP contribution < -0.4 is 0 Å². The van der Waals surface area contributed by atoms with Crippen LogP contribution in [0.3, 0.4) is 0 Å². The molecule has 0 bridgehead atoms. The van der Waals surface area contributed by atoms with Crippen molar-refractivity contribution in [2.75, 3.05) is 6.61 Å². The summed E-state index contributed by atoms with van der Waals surface area (Å²) in [6.07, 6.45) is 1.33. The molecule has 1 aliphatic heterocycles. The van der Waals surface area contributed by atoms with E-state index in [9.17, 15) is 0 Å². The Morgan fingerprint density at radius 3 is 2.50 bits per heavy atom. The zero-order valence-electron chi connectivity index (χ0n) is 13.8. The zero-order chi connectivity index (χ0) is 14.7. The second-order valence-electron chi connectivity index (χ2n) is 7.68. The van der Waals surface area contributed by atoms with Gasteiger partial charge in [-0.05, 0) is 58.8 Å². The third-order valence-corrected chi connectivity index (χ3v) is 5.94. The molecule has 0 amide bonds. The van der Waals surface area contributed by atoms with Crippen LogP contribution in [0.15, 0.2) is 12.1 Å². The predicted octanol–water partition coefficient (Wildman–Crippen LogP) is 4.99. The van der Waals surface area contributed by atoms with Crippen molar-refractivity contribution < 1.29 is 4.74 Å². The molecule has 1 heteroatoms. The first-order chi connectivity index (χ1) is 9.34. The van der Waals surface area contributed by atoms with Crippen LogP contribution in [-0.4, -0.2) is 6.61 Å². The van der Waals surface area contributed by atoms with E-state index < -0.39 is 0 Å². The van der Waals surface area contributed by atoms with Gasteiger partial charge in [0.2, 0.25) is 0 Å². The summed E-state index contributed by atoms with van der Waals surface area (Å²) in [4.78, 5) is 0. The van der Waals surface area contributed by atoms with Crippen LogP contribution in [0.25, 0.3) is 0 Å². The van der Waals surface area contributed by atoms with Gasteiger partial charge in [-0.25, -0.2) is 0 Å². The molecule has 0 radical (unpaired) electrons. The number of rotatable bonds is 1. The highest BCUT2D eigenvalue weighted by Crippen LogP contribution is 2.54. The maximum atomic E-state index is 5.83. The van der Waals surface area contributed by atoms with Gasteiger partial charge in [-0.15, -0.1) is 0 Å². The average molecular weight is 272 g/mol. The van der Waals surface area contributed by atoms with E-state index in [1.165, 1.54) is 11.1 Å². The van der Waals surface area contributed by atoms with Gasteiger partial charge in [0.25, 0.3) is 0 Å². The minimum absolute atomic E-state index is 0.258. The molecule has 0 aromatic heterocycles. The first-order valence-electron chi connectivity index (χ1n) is 8.12. The Morgan fingerprint density at radius 2 is 1.85 bits per heavy atom. The topological polar surface area (TPSA) is 9.23 Å². The molecule has 1 aromatic carbocycles. The molecule has 1 aromatic rings. The average Bonchev–Trinajstić information content (AvgIpc) is 2.56. The molecular formula is C19H28O. The van der Waals surface area contributed by atoms with Crippen LogP contribution in [0.4, 0.5) is 0 Å². The van der Waals surface area contributed by atoms with Crippen LogP contribution in [0.5, 0.6) is 0 Å². The van der Waals surface area contributed by atoms with E-state index in [1.54, 1.807) is 11.1 Å².